The molecular formula is C13H23N3O2S. The number of likely N-dealkylation sites (tertiary alicyclic amines) is 1. The van der Waals surface area contributed by atoms with Crippen molar-refractivity contribution < 1.29 is 8.42 Å². The fraction of sp³-hybridized carbons (Fsp3) is 0.692. The van der Waals surface area contributed by atoms with Crippen LogP contribution in [0.5, 0.6) is 0 Å². The summed E-state index contributed by atoms with van der Waals surface area (Å²) in [5.41, 5.74) is 6.06. The van der Waals surface area contributed by atoms with Crippen LogP contribution in [0.2, 0.25) is 0 Å². The Balaban J connectivity index is 1.79. The Labute approximate surface area is 115 Å². The van der Waals surface area contributed by atoms with Gasteiger partial charge in [-0.15, -0.1) is 0 Å². The van der Waals surface area contributed by atoms with E-state index < -0.39 is 9.84 Å². The lowest BCUT2D eigenvalue weighted by Gasteiger charge is -2.40. The number of allylic oxidation sites excluding steroid dienone is 2. The molecule has 1 atom stereocenters. The smallest absolute Gasteiger partial charge is 0.148 e. The number of hydrogen-bond donors (Lipinski definition) is 1. The van der Waals surface area contributed by atoms with Gasteiger partial charge in [-0.1, -0.05) is 6.08 Å². The van der Waals surface area contributed by atoms with Crippen molar-refractivity contribution in [1.29, 1.82) is 0 Å². The van der Waals surface area contributed by atoms with E-state index in [2.05, 4.69) is 16.0 Å². The van der Waals surface area contributed by atoms with Crippen molar-refractivity contribution in [3.8, 4) is 0 Å². The molecule has 2 aliphatic rings. The van der Waals surface area contributed by atoms with E-state index in [0.29, 0.717) is 12.6 Å². The second-order valence-corrected chi connectivity index (χ2v) is 7.63. The van der Waals surface area contributed by atoms with E-state index in [1.165, 1.54) is 6.26 Å². The van der Waals surface area contributed by atoms with Crippen LogP contribution in [0.15, 0.2) is 24.4 Å². The first kappa shape index (κ1) is 14.6. The summed E-state index contributed by atoms with van der Waals surface area (Å²) in [5.74, 6) is 0.254. The highest BCUT2D eigenvalue weighted by Crippen LogP contribution is 2.20. The Morgan fingerprint density at radius 3 is 2.53 bits per heavy atom. The zero-order chi connectivity index (χ0) is 13.9. The van der Waals surface area contributed by atoms with Crippen molar-refractivity contribution in [2.75, 3.05) is 31.6 Å². The molecule has 0 bridgehead atoms. The van der Waals surface area contributed by atoms with Crippen molar-refractivity contribution in [2.24, 2.45) is 5.73 Å². The third-order valence-electron chi connectivity index (χ3n) is 3.78. The van der Waals surface area contributed by atoms with Crippen LogP contribution >= 0.6 is 0 Å². The number of nitrogens with zero attached hydrogens (tertiary/aromatic N) is 2. The average Bonchev–Trinajstić information content (AvgIpc) is 2.37. The van der Waals surface area contributed by atoms with Crippen LogP contribution in [0, 0.1) is 0 Å². The SMILES string of the molecule is CS(=O)(=O)CCN1CCC(N2C=CC=CC2N)CC1. The minimum absolute atomic E-state index is 0.0300. The maximum absolute atomic E-state index is 11.2. The van der Waals surface area contributed by atoms with E-state index in [1.807, 2.05) is 18.2 Å². The van der Waals surface area contributed by atoms with Gasteiger partial charge >= 0.3 is 0 Å². The van der Waals surface area contributed by atoms with Gasteiger partial charge in [0.2, 0.25) is 0 Å². The maximum Gasteiger partial charge on any atom is 0.148 e. The van der Waals surface area contributed by atoms with E-state index in [0.717, 1.165) is 25.9 Å². The quantitative estimate of drug-likeness (QED) is 0.797. The molecule has 0 aromatic heterocycles. The summed E-state index contributed by atoms with van der Waals surface area (Å²) < 4.78 is 22.3. The highest BCUT2D eigenvalue weighted by atomic mass is 32.2. The molecule has 0 aromatic carbocycles. The van der Waals surface area contributed by atoms with Gasteiger partial charge in [0.1, 0.15) is 9.84 Å². The predicted octanol–water partition coefficient (Wildman–Crippen LogP) is 0.166. The summed E-state index contributed by atoms with van der Waals surface area (Å²) in [4.78, 5) is 4.43. The lowest BCUT2D eigenvalue weighted by Crippen LogP contribution is -2.50. The molecule has 0 spiro atoms. The zero-order valence-corrected chi connectivity index (χ0v) is 12.2. The van der Waals surface area contributed by atoms with Gasteiger partial charge in [0.05, 0.1) is 11.9 Å². The zero-order valence-electron chi connectivity index (χ0n) is 11.4. The van der Waals surface area contributed by atoms with Crippen molar-refractivity contribution in [3.05, 3.63) is 24.4 Å². The molecule has 2 rings (SSSR count). The van der Waals surface area contributed by atoms with E-state index in [1.54, 1.807) is 0 Å². The molecule has 0 amide bonds. The fourth-order valence-corrected chi connectivity index (χ4v) is 3.22. The number of hydrogen-bond acceptors (Lipinski definition) is 5. The predicted molar refractivity (Wildman–Crippen MR) is 77.3 cm³/mol. The first-order chi connectivity index (χ1) is 8.96. The van der Waals surface area contributed by atoms with Gasteiger partial charge in [-0.25, -0.2) is 8.42 Å². The molecule has 5 nitrogen and oxygen atoms in total. The normalized spacial score (nSPS) is 26.0. The molecule has 2 N–H and O–H groups in total. The maximum atomic E-state index is 11.2. The number of nitrogens with two attached hydrogens (primary N) is 1. The van der Waals surface area contributed by atoms with Gasteiger partial charge in [-0.3, -0.25) is 0 Å². The first-order valence-electron chi connectivity index (χ1n) is 6.74. The molecule has 2 heterocycles. The second kappa shape index (κ2) is 6.07. The molecule has 6 heteroatoms. The molecule has 108 valence electrons. The monoisotopic (exact) mass is 285 g/mol. The summed E-state index contributed by atoms with van der Waals surface area (Å²) in [5, 5.41) is 0. The summed E-state index contributed by atoms with van der Waals surface area (Å²) >= 11 is 0. The van der Waals surface area contributed by atoms with Crippen LogP contribution in [0.4, 0.5) is 0 Å². The lowest BCUT2D eigenvalue weighted by molar-refractivity contribution is 0.130. The lowest BCUT2D eigenvalue weighted by atomic mass is 10.0. The summed E-state index contributed by atoms with van der Waals surface area (Å²) in [6, 6.07) is 0.464. The van der Waals surface area contributed by atoms with Crippen LogP contribution in [-0.2, 0) is 9.84 Å². The van der Waals surface area contributed by atoms with E-state index in [9.17, 15) is 8.42 Å². The van der Waals surface area contributed by atoms with Crippen LogP contribution < -0.4 is 5.73 Å². The van der Waals surface area contributed by atoms with E-state index in [-0.39, 0.29) is 11.9 Å². The Morgan fingerprint density at radius 1 is 1.26 bits per heavy atom. The summed E-state index contributed by atoms with van der Waals surface area (Å²) in [6.07, 6.45) is 11.4. The van der Waals surface area contributed by atoms with Gasteiger partial charge in [0.25, 0.3) is 0 Å². The minimum Gasteiger partial charge on any atom is -0.356 e. The third kappa shape index (κ3) is 4.33. The summed E-state index contributed by atoms with van der Waals surface area (Å²) in [7, 11) is -2.86. The second-order valence-electron chi connectivity index (χ2n) is 5.37. The standard InChI is InChI=1S/C13H23N3O2S/c1-19(17,18)11-10-15-8-5-12(6-9-15)16-7-3-2-4-13(16)14/h2-4,7,12-13H,5-6,8-11,14H2,1H3. The Morgan fingerprint density at radius 2 is 1.95 bits per heavy atom. The van der Waals surface area contributed by atoms with Gasteiger partial charge < -0.3 is 15.5 Å². The topological polar surface area (TPSA) is 66.6 Å². The molecule has 2 aliphatic heterocycles. The van der Waals surface area contributed by atoms with Crippen LogP contribution in [-0.4, -0.2) is 62.1 Å². The van der Waals surface area contributed by atoms with Gasteiger partial charge in [-0.05, 0) is 25.0 Å². The van der Waals surface area contributed by atoms with Crippen molar-refractivity contribution >= 4 is 9.84 Å². The average molecular weight is 285 g/mol. The van der Waals surface area contributed by atoms with E-state index in [4.69, 9.17) is 5.73 Å². The minimum atomic E-state index is -2.86. The van der Waals surface area contributed by atoms with Gasteiger partial charge in [0.15, 0.2) is 0 Å². The number of sulfone groups is 1. The number of rotatable bonds is 4. The van der Waals surface area contributed by atoms with Crippen LogP contribution in [0.25, 0.3) is 0 Å². The van der Waals surface area contributed by atoms with Crippen LogP contribution in [0.1, 0.15) is 12.8 Å². The van der Waals surface area contributed by atoms with E-state index >= 15 is 0 Å². The van der Waals surface area contributed by atoms with Crippen LogP contribution in [0.3, 0.4) is 0 Å². The van der Waals surface area contributed by atoms with Gasteiger partial charge in [0, 0.05) is 38.1 Å². The first-order valence-corrected chi connectivity index (χ1v) is 8.80. The van der Waals surface area contributed by atoms with Gasteiger partial charge in [-0.2, -0.15) is 0 Å². The molecular weight excluding hydrogens is 262 g/mol. The molecule has 19 heavy (non-hydrogen) atoms. The van der Waals surface area contributed by atoms with Crippen molar-refractivity contribution in [1.82, 2.24) is 9.80 Å². The molecule has 0 radical (unpaired) electrons. The molecule has 0 saturated carbocycles. The van der Waals surface area contributed by atoms with Crippen molar-refractivity contribution in [2.45, 2.75) is 25.0 Å². The highest BCUT2D eigenvalue weighted by Gasteiger charge is 2.25. The molecule has 1 fully saturated rings. The molecule has 0 aromatic rings. The largest absolute Gasteiger partial charge is 0.356 e. The Kier molecular flexibility index (Phi) is 4.65. The number of piperidine rings is 1. The highest BCUT2D eigenvalue weighted by molar-refractivity contribution is 7.90. The molecule has 1 unspecified atom stereocenters. The fourth-order valence-electron chi connectivity index (χ4n) is 2.63. The van der Waals surface area contributed by atoms with Crippen molar-refractivity contribution in [3.63, 3.8) is 0 Å². The Hall–Kier alpha value is -0.850. The molecule has 1 saturated heterocycles. The molecule has 0 aliphatic carbocycles. The third-order valence-corrected chi connectivity index (χ3v) is 4.70. The Bertz CT molecular complexity index is 451. The summed E-state index contributed by atoms with van der Waals surface area (Å²) in [6.45, 7) is 2.54.